The van der Waals surface area contributed by atoms with Crippen LogP contribution in [0, 0.1) is 23.6 Å². The van der Waals surface area contributed by atoms with Gasteiger partial charge in [0.05, 0.1) is 0 Å². The number of hydrogen-bond donors (Lipinski definition) is 0. The standard InChI is InChI=1S/C27H37F/c1-2-3-4-5-6-9-20-12-13-24-17-25(15-14-23(24)16-20)26-18-21-10-7-8-11-22(21)19-27(26)28/h7-8,10-11,18-20,23-25H,2-6,9,12-17H2,1H3. The van der Waals surface area contributed by atoms with Gasteiger partial charge in [0.15, 0.2) is 0 Å². The first kappa shape index (κ1) is 19.9. The number of fused-ring (bicyclic) bond motifs is 2. The predicted molar refractivity (Wildman–Crippen MR) is 118 cm³/mol. The van der Waals surface area contributed by atoms with E-state index in [0.717, 1.165) is 28.7 Å². The van der Waals surface area contributed by atoms with Crippen molar-refractivity contribution in [2.24, 2.45) is 17.8 Å². The molecule has 2 aliphatic rings. The van der Waals surface area contributed by atoms with Crippen LogP contribution < -0.4 is 0 Å². The summed E-state index contributed by atoms with van der Waals surface area (Å²) in [5.74, 6) is 3.16. The topological polar surface area (TPSA) is 0 Å². The molecule has 2 aromatic carbocycles. The van der Waals surface area contributed by atoms with Gasteiger partial charge in [-0.2, -0.15) is 0 Å². The summed E-state index contributed by atoms with van der Waals surface area (Å²) in [4.78, 5) is 0. The van der Waals surface area contributed by atoms with E-state index in [9.17, 15) is 4.39 Å². The van der Waals surface area contributed by atoms with Crippen molar-refractivity contribution in [2.45, 2.75) is 89.9 Å². The minimum absolute atomic E-state index is 0.0166. The van der Waals surface area contributed by atoms with Crippen LogP contribution in [-0.2, 0) is 0 Å². The zero-order valence-electron chi connectivity index (χ0n) is 17.6. The third kappa shape index (κ3) is 4.61. The average Bonchev–Trinajstić information content (AvgIpc) is 2.72. The van der Waals surface area contributed by atoms with Crippen molar-refractivity contribution in [2.75, 3.05) is 0 Å². The second-order valence-electron chi connectivity index (χ2n) is 9.63. The summed E-state index contributed by atoms with van der Waals surface area (Å²) in [5.41, 5.74) is 0.982. The first-order chi connectivity index (χ1) is 13.7. The largest absolute Gasteiger partial charge is 0.207 e. The molecule has 4 unspecified atom stereocenters. The number of halogens is 1. The molecule has 0 spiro atoms. The van der Waals surface area contributed by atoms with Crippen molar-refractivity contribution in [3.63, 3.8) is 0 Å². The van der Waals surface area contributed by atoms with Gasteiger partial charge in [-0.3, -0.25) is 0 Å². The van der Waals surface area contributed by atoms with Gasteiger partial charge in [0.1, 0.15) is 5.82 Å². The summed E-state index contributed by atoms with van der Waals surface area (Å²) < 4.78 is 14.8. The van der Waals surface area contributed by atoms with E-state index in [0.29, 0.717) is 5.92 Å². The molecule has 0 heterocycles. The summed E-state index contributed by atoms with van der Waals surface area (Å²) in [6, 6.07) is 12.1. The van der Waals surface area contributed by atoms with E-state index >= 15 is 0 Å². The zero-order chi connectivity index (χ0) is 19.3. The van der Waals surface area contributed by atoms with Crippen LogP contribution in [0.4, 0.5) is 4.39 Å². The molecule has 2 saturated carbocycles. The van der Waals surface area contributed by atoms with E-state index in [-0.39, 0.29) is 5.82 Å². The maximum absolute atomic E-state index is 14.8. The lowest BCUT2D eigenvalue weighted by Crippen LogP contribution is -2.30. The van der Waals surface area contributed by atoms with Crippen molar-refractivity contribution in [1.82, 2.24) is 0 Å². The van der Waals surface area contributed by atoms with Gasteiger partial charge in [-0.1, -0.05) is 76.1 Å². The van der Waals surface area contributed by atoms with Gasteiger partial charge in [0.2, 0.25) is 0 Å². The van der Waals surface area contributed by atoms with E-state index in [4.69, 9.17) is 0 Å². The highest BCUT2D eigenvalue weighted by Crippen LogP contribution is 2.49. The van der Waals surface area contributed by atoms with Crippen LogP contribution in [0.25, 0.3) is 10.8 Å². The van der Waals surface area contributed by atoms with Crippen LogP contribution in [0.15, 0.2) is 36.4 Å². The molecule has 4 atom stereocenters. The molecular formula is C27H37F. The van der Waals surface area contributed by atoms with Crippen molar-refractivity contribution >= 4 is 10.8 Å². The predicted octanol–water partition coefficient (Wildman–Crippen LogP) is 8.64. The van der Waals surface area contributed by atoms with E-state index < -0.39 is 0 Å². The fraction of sp³-hybridized carbons (Fsp3) is 0.630. The van der Waals surface area contributed by atoms with E-state index in [1.54, 1.807) is 6.07 Å². The SMILES string of the molecule is CCCCCCCC1CCC2CC(c3cc4ccccc4cc3F)CCC2C1. The summed E-state index contributed by atoms with van der Waals surface area (Å²) in [6.07, 6.45) is 16.5. The molecule has 0 nitrogen and oxygen atoms in total. The molecule has 0 aromatic heterocycles. The molecule has 2 fully saturated rings. The highest BCUT2D eigenvalue weighted by atomic mass is 19.1. The summed E-state index contributed by atoms with van der Waals surface area (Å²) in [6.45, 7) is 2.29. The Balaban J connectivity index is 1.33. The van der Waals surface area contributed by atoms with Crippen LogP contribution in [0.5, 0.6) is 0 Å². The Morgan fingerprint density at radius 2 is 1.54 bits per heavy atom. The van der Waals surface area contributed by atoms with Crippen LogP contribution in [0.2, 0.25) is 0 Å². The van der Waals surface area contributed by atoms with Crippen LogP contribution in [0.1, 0.15) is 95.5 Å². The Bertz CT molecular complexity index is 764. The summed E-state index contributed by atoms with van der Waals surface area (Å²) in [7, 11) is 0. The maximum atomic E-state index is 14.8. The van der Waals surface area contributed by atoms with Gasteiger partial charge in [-0.25, -0.2) is 4.39 Å². The molecule has 0 N–H and O–H groups in total. The molecule has 4 rings (SSSR count). The molecule has 0 amide bonds. The normalized spacial score (nSPS) is 27.6. The highest BCUT2D eigenvalue weighted by Gasteiger charge is 2.36. The Labute approximate surface area is 170 Å². The van der Waals surface area contributed by atoms with Crippen LogP contribution in [-0.4, -0.2) is 0 Å². The molecule has 152 valence electrons. The number of unbranched alkanes of at least 4 members (excludes halogenated alkanes) is 4. The molecular weight excluding hydrogens is 343 g/mol. The third-order valence-electron chi connectivity index (χ3n) is 7.74. The minimum atomic E-state index is 0.0166. The smallest absolute Gasteiger partial charge is 0.127 e. The zero-order valence-corrected chi connectivity index (χ0v) is 17.6. The van der Waals surface area contributed by atoms with Gasteiger partial charge in [0, 0.05) is 0 Å². The first-order valence-corrected chi connectivity index (χ1v) is 11.9. The Hall–Kier alpha value is -1.37. The van der Waals surface area contributed by atoms with E-state index in [2.05, 4.69) is 25.1 Å². The number of benzene rings is 2. The van der Waals surface area contributed by atoms with Crippen molar-refractivity contribution in [3.05, 3.63) is 47.8 Å². The minimum Gasteiger partial charge on any atom is -0.207 e. The fourth-order valence-electron chi connectivity index (χ4n) is 6.11. The van der Waals surface area contributed by atoms with E-state index in [1.165, 1.54) is 82.4 Å². The lowest BCUT2D eigenvalue weighted by atomic mass is 9.63. The quantitative estimate of drug-likeness (QED) is 0.422. The van der Waals surface area contributed by atoms with Gasteiger partial charge < -0.3 is 0 Å². The Morgan fingerprint density at radius 1 is 0.821 bits per heavy atom. The van der Waals surface area contributed by atoms with Crippen molar-refractivity contribution in [3.8, 4) is 0 Å². The molecule has 0 aliphatic heterocycles. The molecule has 0 saturated heterocycles. The highest BCUT2D eigenvalue weighted by molar-refractivity contribution is 5.83. The Morgan fingerprint density at radius 3 is 2.36 bits per heavy atom. The number of rotatable bonds is 7. The molecule has 2 aliphatic carbocycles. The summed E-state index contributed by atoms with van der Waals surface area (Å²) in [5, 5.41) is 2.21. The lowest BCUT2D eigenvalue weighted by Gasteiger charge is -2.42. The number of hydrogen-bond acceptors (Lipinski definition) is 0. The van der Waals surface area contributed by atoms with Crippen molar-refractivity contribution < 1.29 is 4.39 Å². The average molecular weight is 381 g/mol. The van der Waals surface area contributed by atoms with Gasteiger partial charge in [-0.15, -0.1) is 0 Å². The molecule has 0 radical (unpaired) electrons. The third-order valence-corrected chi connectivity index (χ3v) is 7.74. The molecule has 0 bridgehead atoms. The van der Waals surface area contributed by atoms with Crippen molar-refractivity contribution in [1.29, 1.82) is 0 Å². The monoisotopic (exact) mass is 380 g/mol. The molecule has 2 aromatic rings. The van der Waals surface area contributed by atoms with E-state index in [1.807, 2.05) is 12.1 Å². The maximum Gasteiger partial charge on any atom is 0.127 e. The molecule has 28 heavy (non-hydrogen) atoms. The first-order valence-electron chi connectivity index (χ1n) is 11.9. The van der Waals surface area contributed by atoms with Crippen LogP contribution >= 0.6 is 0 Å². The lowest BCUT2D eigenvalue weighted by molar-refractivity contribution is 0.112. The molecule has 1 heteroatoms. The second-order valence-corrected chi connectivity index (χ2v) is 9.63. The Kier molecular flexibility index (Phi) is 6.70. The fourth-order valence-corrected chi connectivity index (χ4v) is 6.11. The van der Waals surface area contributed by atoms with Crippen LogP contribution in [0.3, 0.4) is 0 Å². The van der Waals surface area contributed by atoms with Gasteiger partial charge >= 0.3 is 0 Å². The van der Waals surface area contributed by atoms with Gasteiger partial charge in [-0.05, 0) is 84.2 Å². The second kappa shape index (κ2) is 9.42. The van der Waals surface area contributed by atoms with Gasteiger partial charge in [0.25, 0.3) is 0 Å². The summed E-state index contributed by atoms with van der Waals surface area (Å²) >= 11 is 0.